The van der Waals surface area contributed by atoms with Gasteiger partial charge in [-0.1, -0.05) is 13.8 Å². The van der Waals surface area contributed by atoms with E-state index in [2.05, 4.69) is 19.2 Å². The molecule has 0 saturated heterocycles. The molecule has 4 atom stereocenters. The molecule has 4 aliphatic carbocycles. The minimum Gasteiger partial charge on any atom is -0.366 e. The summed E-state index contributed by atoms with van der Waals surface area (Å²) in [5.41, 5.74) is 6.16. The second kappa shape index (κ2) is 4.59. The number of nitrogens with two attached hydrogens (primary N) is 1. The molecule has 23 heavy (non-hydrogen) atoms. The summed E-state index contributed by atoms with van der Waals surface area (Å²) in [7, 11) is 0. The molecule has 4 bridgehead atoms. The molecule has 2 unspecified atom stereocenters. The van der Waals surface area contributed by atoms with Gasteiger partial charge in [-0.15, -0.1) is 11.3 Å². The summed E-state index contributed by atoms with van der Waals surface area (Å²) in [6, 6.07) is 1.69. The van der Waals surface area contributed by atoms with Crippen LogP contribution in [0.25, 0.3) is 0 Å². The third-order valence-corrected chi connectivity index (χ3v) is 7.10. The molecule has 5 rings (SSSR count). The van der Waals surface area contributed by atoms with Gasteiger partial charge in [0.1, 0.15) is 5.00 Å². The normalized spacial score (nSPS) is 41.0. The third-order valence-electron chi connectivity index (χ3n) is 6.27. The second-order valence-electron chi connectivity index (χ2n) is 8.89. The number of carbonyl (C=O) groups excluding carboxylic acids is 2. The summed E-state index contributed by atoms with van der Waals surface area (Å²) in [4.78, 5) is 24.7. The van der Waals surface area contributed by atoms with E-state index in [1.807, 2.05) is 0 Å². The lowest BCUT2D eigenvalue weighted by Gasteiger charge is -2.64. The monoisotopic (exact) mass is 332 g/mol. The number of rotatable bonds is 3. The summed E-state index contributed by atoms with van der Waals surface area (Å²) < 4.78 is 0. The van der Waals surface area contributed by atoms with Crippen LogP contribution in [0.4, 0.5) is 5.00 Å². The first kappa shape index (κ1) is 15.2. The van der Waals surface area contributed by atoms with Crippen LogP contribution >= 0.6 is 11.3 Å². The Bertz CT molecular complexity index is 677. The number of carbonyl (C=O) groups is 2. The van der Waals surface area contributed by atoms with Crippen LogP contribution in [0, 0.1) is 22.2 Å². The van der Waals surface area contributed by atoms with Crippen molar-refractivity contribution in [3.63, 3.8) is 0 Å². The Kier molecular flexibility index (Phi) is 3.03. The maximum absolute atomic E-state index is 13.2. The van der Waals surface area contributed by atoms with Crippen LogP contribution in [0.2, 0.25) is 0 Å². The average molecular weight is 332 g/mol. The van der Waals surface area contributed by atoms with Gasteiger partial charge in [-0.25, -0.2) is 0 Å². The highest BCUT2D eigenvalue weighted by Crippen LogP contribution is 2.69. The number of thiophene rings is 1. The highest BCUT2D eigenvalue weighted by molar-refractivity contribution is 7.14. The molecule has 0 aromatic carbocycles. The molecule has 0 radical (unpaired) electrons. The molecule has 4 nitrogen and oxygen atoms in total. The fraction of sp³-hybridized carbons (Fsp3) is 0.667. The van der Waals surface area contributed by atoms with Gasteiger partial charge in [0, 0.05) is 0 Å². The lowest BCUT2D eigenvalue weighted by Crippen LogP contribution is -2.58. The smallest absolute Gasteiger partial charge is 0.251 e. The molecule has 4 saturated carbocycles. The van der Waals surface area contributed by atoms with Gasteiger partial charge in [0.15, 0.2) is 0 Å². The van der Waals surface area contributed by atoms with E-state index in [4.69, 9.17) is 5.73 Å². The molecule has 0 aliphatic heterocycles. The Hall–Kier alpha value is -1.36. The first-order valence-corrected chi connectivity index (χ1v) is 9.30. The number of nitrogens with one attached hydrogen (secondary N) is 1. The zero-order valence-electron chi connectivity index (χ0n) is 13.8. The molecule has 2 amide bonds. The van der Waals surface area contributed by atoms with E-state index in [-0.39, 0.29) is 11.3 Å². The summed E-state index contributed by atoms with van der Waals surface area (Å²) in [5.74, 6) is 0.293. The van der Waals surface area contributed by atoms with E-state index in [1.165, 1.54) is 30.6 Å². The van der Waals surface area contributed by atoms with E-state index < -0.39 is 5.91 Å². The van der Waals surface area contributed by atoms with Crippen molar-refractivity contribution in [2.24, 2.45) is 27.9 Å². The van der Waals surface area contributed by atoms with Crippen LogP contribution in [-0.4, -0.2) is 11.8 Å². The number of hydrogen-bond acceptors (Lipinski definition) is 3. The van der Waals surface area contributed by atoms with Crippen molar-refractivity contribution in [1.29, 1.82) is 0 Å². The predicted octanol–water partition coefficient (Wildman–Crippen LogP) is 3.78. The lowest BCUT2D eigenvalue weighted by molar-refractivity contribution is -0.165. The second-order valence-corrected chi connectivity index (χ2v) is 9.81. The topological polar surface area (TPSA) is 72.2 Å². The SMILES string of the molecule is C[C@]12CC3CC(C(=O)Nc4sccc4C(N)=O)(C1)C[C@@](C)(C3)C2. The Morgan fingerprint density at radius 3 is 2.39 bits per heavy atom. The average Bonchev–Trinajstić information content (AvgIpc) is 2.82. The molecule has 1 heterocycles. The van der Waals surface area contributed by atoms with Crippen molar-refractivity contribution in [1.82, 2.24) is 0 Å². The number of amides is 2. The van der Waals surface area contributed by atoms with E-state index >= 15 is 0 Å². The van der Waals surface area contributed by atoms with Crippen LogP contribution < -0.4 is 11.1 Å². The lowest BCUT2D eigenvalue weighted by atomic mass is 9.40. The van der Waals surface area contributed by atoms with Crippen molar-refractivity contribution >= 4 is 28.2 Å². The van der Waals surface area contributed by atoms with Crippen molar-refractivity contribution in [2.45, 2.75) is 52.4 Å². The minimum atomic E-state index is -0.481. The highest BCUT2D eigenvalue weighted by Gasteiger charge is 2.62. The fourth-order valence-corrected chi connectivity index (χ4v) is 7.32. The number of primary amides is 1. The quantitative estimate of drug-likeness (QED) is 0.884. The van der Waals surface area contributed by atoms with Crippen molar-refractivity contribution in [2.75, 3.05) is 5.32 Å². The molecule has 4 fully saturated rings. The molecule has 1 aromatic rings. The van der Waals surface area contributed by atoms with Crippen molar-refractivity contribution in [3.05, 3.63) is 17.0 Å². The Labute approximate surface area is 140 Å². The Balaban J connectivity index is 1.63. The highest BCUT2D eigenvalue weighted by atomic mass is 32.1. The van der Waals surface area contributed by atoms with E-state index in [9.17, 15) is 9.59 Å². The number of hydrogen-bond donors (Lipinski definition) is 2. The first-order valence-electron chi connectivity index (χ1n) is 8.42. The molecular formula is C18H24N2O2S. The maximum Gasteiger partial charge on any atom is 0.251 e. The molecule has 0 spiro atoms. The predicted molar refractivity (Wildman–Crippen MR) is 91.3 cm³/mol. The van der Waals surface area contributed by atoms with Gasteiger partial charge in [-0.3, -0.25) is 9.59 Å². The zero-order chi connectivity index (χ0) is 16.5. The standard InChI is InChI=1S/C18H24N2O2S/c1-16-5-11-6-17(2,8-16)10-18(7-11,9-16)15(22)20-14-12(13(19)21)3-4-23-14/h3-4,11H,5-10H2,1-2H3,(H2,19,21)(H,20,22)/t11?,16-,17+,18?. The zero-order valence-corrected chi connectivity index (χ0v) is 14.6. The molecule has 3 N–H and O–H groups in total. The van der Waals surface area contributed by atoms with E-state index in [0.717, 1.165) is 19.3 Å². The first-order chi connectivity index (χ1) is 10.7. The maximum atomic E-state index is 13.2. The summed E-state index contributed by atoms with van der Waals surface area (Å²) >= 11 is 1.38. The summed E-state index contributed by atoms with van der Waals surface area (Å²) in [5, 5.41) is 5.45. The van der Waals surface area contributed by atoms with Crippen LogP contribution in [0.3, 0.4) is 0 Å². The molecule has 1 aromatic heterocycles. The minimum absolute atomic E-state index is 0.101. The van der Waals surface area contributed by atoms with Crippen LogP contribution in [0.15, 0.2) is 11.4 Å². The largest absolute Gasteiger partial charge is 0.366 e. The van der Waals surface area contributed by atoms with Crippen molar-refractivity contribution in [3.8, 4) is 0 Å². The van der Waals surface area contributed by atoms with Gasteiger partial charge in [-0.05, 0) is 66.7 Å². The molecular weight excluding hydrogens is 308 g/mol. The number of anilines is 1. The van der Waals surface area contributed by atoms with Crippen LogP contribution in [-0.2, 0) is 4.79 Å². The van der Waals surface area contributed by atoms with Gasteiger partial charge in [0.25, 0.3) is 5.91 Å². The summed E-state index contributed by atoms with van der Waals surface area (Å²) in [6.45, 7) is 4.72. The van der Waals surface area contributed by atoms with Gasteiger partial charge in [-0.2, -0.15) is 0 Å². The van der Waals surface area contributed by atoms with Gasteiger partial charge < -0.3 is 11.1 Å². The van der Waals surface area contributed by atoms with E-state index in [1.54, 1.807) is 11.4 Å². The Morgan fingerprint density at radius 1 is 1.17 bits per heavy atom. The van der Waals surface area contributed by atoms with Crippen LogP contribution in [0.5, 0.6) is 0 Å². The Morgan fingerprint density at radius 2 is 1.83 bits per heavy atom. The van der Waals surface area contributed by atoms with Gasteiger partial charge in [0.05, 0.1) is 11.0 Å². The molecule has 5 heteroatoms. The van der Waals surface area contributed by atoms with Gasteiger partial charge in [0.2, 0.25) is 5.91 Å². The third kappa shape index (κ3) is 2.32. The molecule has 124 valence electrons. The fourth-order valence-electron chi connectivity index (χ4n) is 6.54. The van der Waals surface area contributed by atoms with Gasteiger partial charge >= 0.3 is 0 Å². The van der Waals surface area contributed by atoms with Crippen LogP contribution in [0.1, 0.15) is 62.7 Å². The molecule has 4 aliphatic rings. The van der Waals surface area contributed by atoms with Crippen molar-refractivity contribution < 1.29 is 9.59 Å². The summed E-state index contributed by atoms with van der Waals surface area (Å²) in [6.07, 6.45) is 6.75. The van der Waals surface area contributed by atoms with E-state index in [0.29, 0.717) is 27.3 Å².